The van der Waals surface area contributed by atoms with E-state index in [0.29, 0.717) is 44.0 Å². The molecule has 1 aliphatic rings. The Hall–Kier alpha value is -4.63. The van der Waals surface area contributed by atoms with Crippen LogP contribution in [-0.2, 0) is 29.4 Å². The van der Waals surface area contributed by atoms with Gasteiger partial charge < -0.3 is 14.8 Å². The lowest BCUT2D eigenvalue weighted by Gasteiger charge is -2.37. The number of alkyl halides is 7. The molecular formula is C35H28F10N2O3. The van der Waals surface area contributed by atoms with E-state index in [1.165, 1.54) is 12.1 Å². The molecule has 0 spiro atoms. The summed E-state index contributed by atoms with van der Waals surface area (Å²) in [5.41, 5.74) is -4.46. The van der Waals surface area contributed by atoms with Gasteiger partial charge in [-0.2, -0.15) is 30.7 Å². The molecule has 0 radical (unpaired) electrons. The lowest BCUT2D eigenvalue weighted by atomic mass is 9.77. The predicted molar refractivity (Wildman–Crippen MR) is 160 cm³/mol. The van der Waals surface area contributed by atoms with Crippen molar-refractivity contribution in [2.45, 2.75) is 37.2 Å². The van der Waals surface area contributed by atoms with Crippen molar-refractivity contribution in [3.63, 3.8) is 0 Å². The maximum absolute atomic E-state index is 15.3. The molecule has 4 aromatic rings. The zero-order chi connectivity index (χ0) is 36.3. The van der Waals surface area contributed by atoms with E-state index in [9.17, 15) is 39.9 Å². The van der Waals surface area contributed by atoms with Crippen molar-refractivity contribution in [3.8, 4) is 5.75 Å². The molecule has 1 fully saturated rings. The number of benzene rings is 4. The fourth-order valence-corrected chi connectivity index (χ4v) is 5.64. The number of morpholine rings is 1. The van der Waals surface area contributed by atoms with Crippen molar-refractivity contribution < 1.29 is 58.2 Å². The van der Waals surface area contributed by atoms with E-state index in [1.807, 2.05) is 4.90 Å². The molecule has 1 atom stereocenters. The molecule has 0 aromatic heterocycles. The van der Waals surface area contributed by atoms with E-state index in [2.05, 4.69) is 10.1 Å². The van der Waals surface area contributed by atoms with Gasteiger partial charge in [0.1, 0.15) is 23.2 Å². The third-order valence-corrected chi connectivity index (χ3v) is 8.08. The molecule has 1 N–H and O–H groups in total. The van der Waals surface area contributed by atoms with Crippen LogP contribution in [0.2, 0.25) is 0 Å². The van der Waals surface area contributed by atoms with Crippen LogP contribution in [0.25, 0.3) is 0 Å². The number of hydrogen-bond acceptors (Lipinski definition) is 4. The van der Waals surface area contributed by atoms with Crippen LogP contribution < -0.4 is 10.1 Å². The Balaban J connectivity index is 1.74. The molecule has 1 saturated heterocycles. The summed E-state index contributed by atoms with van der Waals surface area (Å²) in [7, 11) is 0. The Bertz CT molecular complexity index is 1810. The van der Waals surface area contributed by atoms with Crippen molar-refractivity contribution in [1.82, 2.24) is 10.2 Å². The summed E-state index contributed by atoms with van der Waals surface area (Å²) in [5, 5.41) is 2.57. The van der Waals surface area contributed by atoms with Crippen molar-refractivity contribution in [3.05, 3.63) is 136 Å². The van der Waals surface area contributed by atoms with Gasteiger partial charge in [-0.05, 0) is 59.2 Å². The zero-order valence-electron chi connectivity index (χ0n) is 25.9. The first-order valence-corrected chi connectivity index (χ1v) is 15.1. The second-order valence-electron chi connectivity index (χ2n) is 11.5. The molecule has 1 unspecified atom stereocenters. The van der Waals surface area contributed by atoms with E-state index < -0.39 is 64.5 Å². The van der Waals surface area contributed by atoms with Crippen LogP contribution >= 0.6 is 0 Å². The molecule has 0 aliphatic carbocycles. The van der Waals surface area contributed by atoms with Crippen LogP contribution in [0.3, 0.4) is 0 Å². The third kappa shape index (κ3) is 8.38. The first-order valence-electron chi connectivity index (χ1n) is 15.1. The van der Waals surface area contributed by atoms with Crippen LogP contribution in [-0.4, -0.2) is 49.6 Å². The molecule has 1 heterocycles. The SMILES string of the molecule is O=C(NC(Cc1ccccc1)(c1cc(F)cc(OC(F)(F)C(F)F)c1)c1ccc(F)c(CN2CCOCC2)c1)c1ccc(F)c(C(F)(F)F)c1. The molecular weight excluding hydrogens is 686 g/mol. The smallest absolute Gasteiger partial charge is 0.428 e. The van der Waals surface area contributed by atoms with Gasteiger partial charge in [0.25, 0.3) is 5.91 Å². The lowest BCUT2D eigenvalue weighted by Crippen LogP contribution is -2.49. The first kappa shape index (κ1) is 36.6. The topological polar surface area (TPSA) is 50.8 Å². The first-order chi connectivity index (χ1) is 23.6. The van der Waals surface area contributed by atoms with Gasteiger partial charge in [0, 0.05) is 43.2 Å². The summed E-state index contributed by atoms with van der Waals surface area (Å²) in [6, 6.07) is 14.9. The van der Waals surface area contributed by atoms with Gasteiger partial charge in [-0.15, -0.1) is 0 Å². The van der Waals surface area contributed by atoms with Crippen molar-refractivity contribution in [1.29, 1.82) is 0 Å². The average molecular weight is 715 g/mol. The van der Waals surface area contributed by atoms with Gasteiger partial charge in [-0.25, -0.2) is 13.2 Å². The van der Waals surface area contributed by atoms with E-state index in [4.69, 9.17) is 4.74 Å². The summed E-state index contributed by atoms with van der Waals surface area (Å²) in [6.45, 7) is 1.63. The largest absolute Gasteiger partial charge is 0.461 e. The number of halogens is 10. The molecule has 5 rings (SSSR count). The number of carbonyl (C=O) groups is 1. The van der Waals surface area contributed by atoms with Gasteiger partial charge in [0.2, 0.25) is 0 Å². The minimum absolute atomic E-state index is 0.00897. The molecule has 0 bridgehead atoms. The van der Waals surface area contributed by atoms with E-state index >= 15 is 8.78 Å². The lowest BCUT2D eigenvalue weighted by molar-refractivity contribution is -0.253. The number of nitrogens with zero attached hydrogens (tertiary/aromatic N) is 1. The molecule has 0 saturated carbocycles. The highest BCUT2D eigenvalue weighted by Crippen LogP contribution is 2.39. The highest BCUT2D eigenvalue weighted by molar-refractivity contribution is 5.95. The quantitative estimate of drug-likeness (QED) is 0.160. The maximum Gasteiger partial charge on any atom is 0.461 e. The highest BCUT2D eigenvalue weighted by Gasteiger charge is 2.45. The number of amides is 1. The number of carbonyl (C=O) groups excluding carboxylic acids is 1. The second-order valence-corrected chi connectivity index (χ2v) is 11.5. The van der Waals surface area contributed by atoms with Crippen LogP contribution in [0.15, 0.2) is 84.9 Å². The van der Waals surface area contributed by atoms with Gasteiger partial charge in [0.15, 0.2) is 0 Å². The number of nitrogens with one attached hydrogen (secondary N) is 1. The Labute approximate surface area is 279 Å². The van der Waals surface area contributed by atoms with Gasteiger partial charge in [-0.1, -0.05) is 36.4 Å². The Morgan fingerprint density at radius 3 is 2.16 bits per heavy atom. The molecule has 266 valence electrons. The Kier molecular flexibility index (Phi) is 10.8. The Morgan fingerprint density at radius 2 is 1.50 bits per heavy atom. The van der Waals surface area contributed by atoms with Crippen LogP contribution in [0.1, 0.15) is 38.2 Å². The summed E-state index contributed by atoms with van der Waals surface area (Å²) >= 11 is 0. The van der Waals surface area contributed by atoms with E-state index in [-0.39, 0.29) is 35.7 Å². The minimum Gasteiger partial charge on any atom is -0.428 e. The van der Waals surface area contributed by atoms with Crippen molar-refractivity contribution in [2.75, 3.05) is 26.3 Å². The number of rotatable bonds is 11. The zero-order valence-corrected chi connectivity index (χ0v) is 25.9. The van der Waals surface area contributed by atoms with Crippen LogP contribution in [0.5, 0.6) is 5.75 Å². The van der Waals surface area contributed by atoms with E-state index in [0.717, 1.165) is 24.3 Å². The molecule has 5 nitrogen and oxygen atoms in total. The normalized spacial score (nSPS) is 15.5. The van der Waals surface area contributed by atoms with Crippen LogP contribution in [0.4, 0.5) is 43.9 Å². The third-order valence-electron chi connectivity index (χ3n) is 8.08. The van der Waals surface area contributed by atoms with Crippen molar-refractivity contribution >= 4 is 5.91 Å². The van der Waals surface area contributed by atoms with E-state index in [1.54, 1.807) is 30.3 Å². The summed E-state index contributed by atoms with van der Waals surface area (Å²) in [5.74, 6) is -5.95. The fraction of sp³-hybridized carbons (Fsp3) is 0.286. The number of ether oxygens (including phenoxy) is 2. The summed E-state index contributed by atoms with van der Waals surface area (Å²) < 4.78 is 149. The Morgan fingerprint density at radius 1 is 0.820 bits per heavy atom. The average Bonchev–Trinajstić information content (AvgIpc) is 3.05. The predicted octanol–water partition coefficient (Wildman–Crippen LogP) is 8.11. The second kappa shape index (κ2) is 14.7. The van der Waals surface area contributed by atoms with Gasteiger partial charge >= 0.3 is 18.7 Å². The molecule has 4 aromatic carbocycles. The maximum atomic E-state index is 15.3. The standard InChI is InChI=1S/C35H28F10N2O3/c36-26-16-25(17-27(18-26)50-35(44,45)32(39)40)33(19-21-4-2-1-3-5-21,46-31(48)22-6-8-30(38)28(15-22)34(41,42)43)24-7-9-29(37)23(14-24)20-47-10-12-49-13-11-47/h1-9,14-18,32H,10-13,19-20H2,(H,46,48). The monoisotopic (exact) mass is 714 g/mol. The van der Waals surface area contributed by atoms with Gasteiger partial charge in [-0.3, -0.25) is 9.69 Å². The van der Waals surface area contributed by atoms with Crippen LogP contribution in [0, 0.1) is 17.5 Å². The molecule has 1 amide bonds. The molecule has 15 heteroatoms. The molecule has 1 aliphatic heterocycles. The highest BCUT2D eigenvalue weighted by atomic mass is 19.4. The minimum atomic E-state index is -5.20. The molecule has 50 heavy (non-hydrogen) atoms. The number of hydrogen-bond donors (Lipinski definition) is 1. The summed E-state index contributed by atoms with van der Waals surface area (Å²) in [4.78, 5) is 15.8. The fourth-order valence-electron chi connectivity index (χ4n) is 5.64. The van der Waals surface area contributed by atoms with Crippen molar-refractivity contribution in [2.24, 2.45) is 0 Å². The van der Waals surface area contributed by atoms with Gasteiger partial charge in [0.05, 0.1) is 24.3 Å². The summed E-state index contributed by atoms with van der Waals surface area (Å²) in [6.07, 6.45) is -14.9.